The van der Waals surface area contributed by atoms with E-state index in [9.17, 15) is 4.79 Å². The van der Waals surface area contributed by atoms with E-state index < -0.39 is 0 Å². The predicted molar refractivity (Wildman–Crippen MR) is 44.4 cm³/mol. The Balaban J connectivity index is 2.08. The number of methoxy groups -OCH3 is 1. The number of fused-ring (bicyclic) bond motifs is 2. The van der Waals surface area contributed by atoms with Gasteiger partial charge in [-0.3, -0.25) is 4.79 Å². The molecule has 0 amide bonds. The molecular formula is C8H10O2S. The van der Waals surface area contributed by atoms with Gasteiger partial charge in [-0.05, 0) is 6.42 Å². The predicted octanol–water partition coefficient (Wildman–Crippen LogP) is 1.22. The minimum absolute atomic E-state index is 0.0469. The van der Waals surface area contributed by atoms with E-state index in [2.05, 4.69) is 12.2 Å². The normalized spacial score (nSPS) is 39.5. The Morgan fingerprint density at radius 1 is 1.64 bits per heavy atom. The van der Waals surface area contributed by atoms with E-state index in [1.807, 2.05) is 11.8 Å². The zero-order chi connectivity index (χ0) is 7.84. The maximum atomic E-state index is 11.1. The fourth-order valence-electron chi connectivity index (χ4n) is 1.66. The quantitative estimate of drug-likeness (QED) is 0.437. The fraction of sp³-hybridized carbons (Fsp3) is 0.625. The lowest BCUT2D eigenvalue weighted by atomic mass is 9.95. The summed E-state index contributed by atoms with van der Waals surface area (Å²) in [4.78, 5) is 11.1. The summed E-state index contributed by atoms with van der Waals surface area (Å²) in [6, 6.07) is 0. The molecule has 0 saturated carbocycles. The Hall–Kier alpha value is -0.440. The number of hydrogen-bond acceptors (Lipinski definition) is 3. The number of rotatable bonds is 1. The fourth-order valence-corrected chi connectivity index (χ4v) is 3.15. The second-order valence-corrected chi connectivity index (χ2v) is 4.31. The molecule has 0 aliphatic carbocycles. The summed E-state index contributed by atoms with van der Waals surface area (Å²) in [7, 11) is 1.46. The molecule has 2 heterocycles. The summed E-state index contributed by atoms with van der Waals surface area (Å²) >= 11 is 1.87. The average Bonchev–Trinajstić information content (AvgIpc) is 2.62. The topological polar surface area (TPSA) is 26.3 Å². The second kappa shape index (κ2) is 2.55. The molecule has 0 unspecified atom stereocenters. The molecule has 1 saturated heterocycles. The van der Waals surface area contributed by atoms with Crippen molar-refractivity contribution >= 4 is 17.7 Å². The van der Waals surface area contributed by atoms with Crippen molar-refractivity contribution in [3.05, 3.63) is 12.2 Å². The lowest BCUT2D eigenvalue weighted by molar-refractivity contribution is -0.145. The SMILES string of the molecule is COC(=O)[C@H]1C[C@H]2C=C[C@@H]1S2. The van der Waals surface area contributed by atoms with Gasteiger partial charge < -0.3 is 4.74 Å². The summed E-state index contributed by atoms with van der Waals surface area (Å²) in [5, 5.41) is 0.969. The lowest BCUT2D eigenvalue weighted by Crippen LogP contribution is -2.23. The van der Waals surface area contributed by atoms with Crippen molar-refractivity contribution in [3.8, 4) is 0 Å². The first-order valence-corrected chi connectivity index (χ1v) is 4.67. The van der Waals surface area contributed by atoms with Crippen LogP contribution in [-0.2, 0) is 9.53 Å². The molecule has 2 aliphatic heterocycles. The van der Waals surface area contributed by atoms with Crippen LogP contribution in [0.5, 0.6) is 0 Å². The summed E-state index contributed by atoms with van der Waals surface area (Å²) in [5.74, 6) is 0.0781. The van der Waals surface area contributed by atoms with Crippen molar-refractivity contribution in [2.75, 3.05) is 7.11 Å². The third kappa shape index (κ3) is 1.07. The van der Waals surface area contributed by atoms with Crippen molar-refractivity contribution < 1.29 is 9.53 Å². The monoisotopic (exact) mass is 170 g/mol. The highest BCUT2D eigenvalue weighted by Crippen LogP contribution is 2.45. The first-order valence-electron chi connectivity index (χ1n) is 3.73. The highest BCUT2D eigenvalue weighted by atomic mass is 32.2. The van der Waals surface area contributed by atoms with Crippen LogP contribution in [0.1, 0.15) is 6.42 Å². The van der Waals surface area contributed by atoms with Crippen molar-refractivity contribution in [2.45, 2.75) is 16.9 Å². The number of esters is 1. The van der Waals surface area contributed by atoms with Crippen LogP contribution in [0.4, 0.5) is 0 Å². The van der Waals surface area contributed by atoms with Crippen molar-refractivity contribution in [2.24, 2.45) is 5.92 Å². The number of ether oxygens (including phenoxy) is 1. The summed E-state index contributed by atoms with van der Waals surface area (Å²) in [6.07, 6.45) is 5.29. The third-order valence-corrected chi connectivity index (χ3v) is 3.73. The lowest BCUT2D eigenvalue weighted by Gasteiger charge is -2.12. The summed E-state index contributed by atoms with van der Waals surface area (Å²) in [5.41, 5.74) is 0. The van der Waals surface area contributed by atoms with Gasteiger partial charge in [0.1, 0.15) is 0 Å². The Morgan fingerprint density at radius 2 is 2.45 bits per heavy atom. The largest absolute Gasteiger partial charge is 0.469 e. The van der Waals surface area contributed by atoms with Gasteiger partial charge >= 0.3 is 5.97 Å². The molecule has 2 aliphatic rings. The van der Waals surface area contributed by atoms with Crippen LogP contribution in [-0.4, -0.2) is 23.6 Å². The average molecular weight is 170 g/mol. The Kier molecular flexibility index (Phi) is 1.68. The summed E-state index contributed by atoms with van der Waals surface area (Å²) < 4.78 is 4.70. The second-order valence-electron chi connectivity index (χ2n) is 2.89. The van der Waals surface area contributed by atoms with Crippen molar-refractivity contribution in [1.82, 2.24) is 0 Å². The number of hydrogen-bond donors (Lipinski definition) is 0. The number of carbonyl (C=O) groups excluding carboxylic acids is 1. The van der Waals surface area contributed by atoms with E-state index in [4.69, 9.17) is 4.74 Å². The molecule has 0 aromatic rings. The molecule has 3 atom stereocenters. The molecule has 3 heteroatoms. The number of thioether (sulfide) groups is 1. The highest BCUT2D eigenvalue weighted by molar-refractivity contribution is 8.01. The van der Waals surface area contributed by atoms with Gasteiger partial charge in [0.15, 0.2) is 0 Å². The third-order valence-electron chi connectivity index (χ3n) is 2.23. The van der Waals surface area contributed by atoms with Gasteiger partial charge in [-0.2, -0.15) is 0 Å². The molecule has 2 bridgehead atoms. The maximum absolute atomic E-state index is 11.1. The minimum atomic E-state index is -0.0469. The van der Waals surface area contributed by atoms with Gasteiger partial charge in [-0.1, -0.05) is 12.2 Å². The van der Waals surface area contributed by atoms with Crippen molar-refractivity contribution in [1.29, 1.82) is 0 Å². The molecule has 60 valence electrons. The molecule has 0 radical (unpaired) electrons. The van der Waals surface area contributed by atoms with Gasteiger partial charge in [0.25, 0.3) is 0 Å². The van der Waals surface area contributed by atoms with Gasteiger partial charge in [-0.25, -0.2) is 0 Å². The Morgan fingerprint density at radius 3 is 2.91 bits per heavy atom. The standard InChI is InChI=1S/C8H10O2S/c1-10-8(9)6-4-5-2-3-7(6)11-5/h2-3,5-7H,4H2,1H3/t5-,6+,7+/m1/s1. The molecule has 0 aromatic carbocycles. The van der Waals surface area contributed by atoms with Crippen LogP contribution in [0.15, 0.2) is 12.2 Å². The highest BCUT2D eigenvalue weighted by Gasteiger charge is 2.41. The first-order chi connectivity index (χ1) is 5.31. The first kappa shape index (κ1) is 7.22. The van der Waals surface area contributed by atoms with Gasteiger partial charge in [0.05, 0.1) is 13.0 Å². The van der Waals surface area contributed by atoms with Gasteiger partial charge in [0, 0.05) is 10.5 Å². The van der Waals surface area contributed by atoms with E-state index in [1.165, 1.54) is 7.11 Å². The molecule has 2 rings (SSSR count). The Bertz CT molecular complexity index is 212. The van der Waals surface area contributed by atoms with E-state index in [-0.39, 0.29) is 11.9 Å². The summed E-state index contributed by atoms with van der Waals surface area (Å²) in [6.45, 7) is 0. The van der Waals surface area contributed by atoms with Gasteiger partial charge in [-0.15, -0.1) is 11.8 Å². The smallest absolute Gasteiger partial charge is 0.310 e. The van der Waals surface area contributed by atoms with E-state index in [1.54, 1.807) is 0 Å². The van der Waals surface area contributed by atoms with Crippen LogP contribution < -0.4 is 0 Å². The van der Waals surface area contributed by atoms with Crippen LogP contribution in [0.25, 0.3) is 0 Å². The van der Waals surface area contributed by atoms with Crippen LogP contribution in [0, 0.1) is 5.92 Å². The zero-order valence-corrected chi connectivity index (χ0v) is 7.14. The van der Waals surface area contributed by atoms with E-state index in [0.29, 0.717) is 10.5 Å². The minimum Gasteiger partial charge on any atom is -0.469 e. The van der Waals surface area contributed by atoms with Crippen LogP contribution >= 0.6 is 11.8 Å². The molecule has 11 heavy (non-hydrogen) atoms. The number of carbonyl (C=O) groups is 1. The van der Waals surface area contributed by atoms with Crippen LogP contribution in [0.2, 0.25) is 0 Å². The maximum Gasteiger partial charge on any atom is 0.310 e. The molecule has 0 N–H and O–H groups in total. The van der Waals surface area contributed by atoms with E-state index in [0.717, 1.165) is 6.42 Å². The van der Waals surface area contributed by atoms with Gasteiger partial charge in [0.2, 0.25) is 0 Å². The molecule has 1 fully saturated rings. The molecular weight excluding hydrogens is 160 g/mol. The zero-order valence-electron chi connectivity index (χ0n) is 6.32. The Labute approximate surface area is 70.0 Å². The molecule has 0 aromatic heterocycles. The van der Waals surface area contributed by atoms with E-state index >= 15 is 0 Å². The molecule has 0 spiro atoms. The molecule has 2 nitrogen and oxygen atoms in total. The van der Waals surface area contributed by atoms with Crippen LogP contribution in [0.3, 0.4) is 0 Å². The van der Waals surface area contributed by atoms with Crippen molar-refractivity contribution in [3.63, 3.8) is 0 Å².